The highest BCUT2D eigenvalue weighted by Crippen LogP contribution is 2.16. The summed E-state index contributed by atoms with van der Waals surface area (Å²) in [6.45, 7) is 0.733. The van der Waals surface area contributed by atoms with Gasteiger partial charge in [-0.3, -0.25) is 4.79 Å². The third-order valence-electron chi connectivity index (χ3n) is 3.72. The van der Waals surface area contributed by atoms with E-state index < -0.39 is 22.2 Å². The Labute approximate surface area is 131 Å². The molecule has 22 heavy (non-hydrogen) atoms. The van der Waals surface area contributed by atoms with Gasteiger partial charge in [-0.15, -0.1) is 4.83 Å². The van der Waals surface area contributed by atoms with E-state index in [2.05, 4.69) is 4.83 Å². The molecule has 1 fully saturated rings. The highest BCUT2D eigenvalue weighted by molar-refractivity contribution is 7.87. The van der Waals surface area contributed by atoms with Crippen molar-refractivity contribution >= 4 is 16.1 Å². The first kappa shape index (κ1) is 16.9. The lowest BCUT2D eigenvalue weighted by atomic mass is 10.0. The van der Waals surface area contributed by atoms with E-state index in [4.69, 9.17) is 5.73 Å². The Morgan fingerprint density at radius 1 is 1.36 bits per heavy atom. The third kappa shape index (κ3) is 4.26. The van der Waals surface area contributed by atoms with Crippen LogP contribution in [0.5, 0.6) is 0 Å². The summed E-state index contributed by atoms with van der Waals surface area (Å²) in [6.07, 6.45) is 2.26. The normalized spacial score (nSPS) is 20.2. The van der Waals surface area contributed by atoms with Crippen molar-refractivity contribution in [2.45, 2.75) is 31.8 Å². The van der Waals surface area contributed by atoms with Crippen molar-refractivity contribution < 1.29 is 13.2 Å². The highest BCUT2D eigenvalue weighted by atomic mass is 32.2. The Morgan fingerprint density at radius 3 is 2.68 bits per heavy atom. The fourth-order valence-electron chi connectivity index (χ4n) is 2.48. The van der Waals surface area contributed by atoms with Crippen molar-refractivity contribution in [1.82, 2.24) is 14.1 Å². The zero-order valence-electron chi connectivity index (χ0n) is 12.6. The highest BCUT2D eigenvalue weighted by Gasteiger charge is 2.31. The Balaban J connectivity index is 2.04. The summed E-state index contributed by atoms with van der Waals surface area (Å²) in [7, 11) is -2.22. The van der Waals surface area contributed by atoms with E-state index >= 15 is 0 Å². The second kappa shape index (κ2) is 7.19. The SMILES string of the molecule is CN(Cc1ccccc1)S(=O)(=O)NN1CCCCC1C(N)=O. The van der Waals surface area contributed by atoms with Gasteiger partial charge < -0.3 is 5.73 Å². The maximum Gasteiger partial charge on any atom is 0.292 e. The van der Waals surface area contributed by atoms with Gasteiger partial charge in [0.15, 0.2) is 0 Å². The van der Waals surface area contributed by atoms with Crippen LogP contribution in [0.25, 0.3) is 0 Å². The molecule has 7 nitrogen and oxygen atoms in total. The number of nitrogens with zero attached hydrogens (tertiary/aromatic N) is 2. The summed E-state index contributed by atoms with van der Waals surface area (Å²) in [5.74, 6) is -0.506. The summed E-state index contributed by atoms with van der Waals surface area (Å²) in [4.78, 5) is 13.9. The van der Waals surface area contributed by atoms with Crippen LogP contribution in [0.1, 0.15) is 24.8 Å². The average Bonchev–Trinajstić information content (AvgIpc) is 2.48. The van der Waals surface area contributed by atoms with Crippen LogP contribution < -0.4 is 10.6 Å². The zero-order valence-corrected chi connectivity index (χ0v) is 13.4. The first-order chi connectivity index (χ1) is 10.4. The quantitative estimate of drug-likeness (QED) is 0.781. The van der Waals surface area contributed by atoms with Crippen LogP contribution >= 0.6 is 0 Å². The van der Waals surface area contributed by atoms with Crippen molar-refractivity contribution in [3.05, 3.63) is 35.9 Å². The number of hydrogen-bond donors (Lipinski definition) is 2. The minimum Gasteiger partial charge on any atom is -0.368 e. The van der Waals surface area contributed by atoms with Crippen molar-refractivity contribution in [1.29, 1.82) is 0 Å². The third-order valence-corrected chi connectivity index (χ3v) is 5.14. The molecule has 0 radical (unpaired) electrons. The second-order valence-corrected chi connectivity index (χ2v) is 7.20. The molecule has 2 rings (SSSR count). The Kier molecular flexibility index (Phi) is 5.52. The minimum atomic E-state index is -3.72. The van der Waals surface area contributed by atoms with Gasteiger partial charge >= 0.3 is 0 Å². The summed E-state index contributed by atoms with van der Waals surface area (Å²) in [5, 5.41) is 1.43. The molecule has 1 aliphatic rings. The fourth-order valence-corrected chi connectivity index (χ4v) is 3.45. The number of primary amides is 1. The topological polar surface area (TPSA) is 95.7 Å². The van der Waals surface area contributed by atoms with Gasteiger partial charge in [-0.1, -0.05) is 30.3 Å². The first-order valence-corrected chi connectivity index (χ1v) is 8.68. The predicted octanol–water partition coefficient (Wildman–Crippen LogP) is 0.208. The number of hydrazine groups is 1. The van der Waals surface area contributed by atoms with Gasteiger partial charge in [0.2, 0.25) is 5.91 Å². The van der Waals surface area contributed by atoms with Gasteiger partial charge in [-0.25, -0.2) is 5.01 Å². The first-order valence-electron chi connectivity index (χ1n) is 7.24. The van der Waals surface area contributed by atoms with Crippen molar-refractivity contribution in [3.8, 4) is 0 Å². The lowest BCUT2D eigenvalue weighted by Crippen LogP contribution is -2.57. The Morgan fingerprint density at radius 2 is 2.05 bits per heavy atom. The number of carbonyl (C=O) groups excluding carboxylic acids is 1. The molecule has 0 saturated carbocycles. The lowest BCUT2D eigenvalue weighted by molar-refractivity contribution is -0.125. The van der Waals surface area contributed by atoms with E-state index in [0.29, 0.717) is 13.0 Å². The molecular weight excluding hydrogens is 304 g/mol. The summed E-state index contributed by atoms with van der Waals surface area (Å²) < 4.78 is 26.0. The van der Waals surface area contributed by atoms with Gasteiger partial charge in [0.05, 0.1) is 0 Å². The molecule has 3 N–H and O–H groups in total. The zero-order chi connectivity index (χ0) is 16.2. The maximum absolute atomic E-state index is 12.4. The monoisotopic (exact) mass is 326 g/mol. The van der Waals surface area contributed by atoms with E-state index in [1.807, 2.05) is 30.3 Å². The number of benzene rings is 1. The van der Waals surface area contributed by atoms with Gasteiger partial charge in [-0.2, -0.15) is 12.7 Å². The van der Waals surface area contributed by atoms with Crippen molar-refractivity contribution in [2.75, 3.05) is 13.6 Å². The number of nitrogens with two attached hydrogens (primary N) is 1. The number of amides is 1. The number of hydrogen-bond acceptors (Lipinski definition) is 4. The van der Waals surface area contributed by atoms with Gasteiger partial charge in [0.25, 0.3) is 10.2 Å². The predicted molar refractivity (Wildman–Crippen MR) is 83.5 cm³/mol. The van der Waals surface area contributed by atoms with Crippen molar-refractivity contribution in [2.24, 2.45) is 5.73 Å². The van der Waals surface area contributed by atoms with Crippen LogP contribution in [0, 0.1) is 0 Å². The largest absolute Gasteiger partial charge is 0.368 e. The molecular formula is C14H22N4O3S. The number of nitrogens with one attached hydrogen (secondary N) is 1. The molecule has 1 atom stereocenters. The van der Waals surface area contributed by atoms with Crippen LogP contribution in [0.4, 0.5) is 0 Å². The molecule has 1 amide bonds. The molecule has 122 valence electrons. The molecule has 8 heteroatoms. The molecule has 0 bridgehead atoms. The average molecular weight is 326 g/mol. The van der Waals surface area contributed by atoms with Crippen LogP contribution in [0.2, 0.25) is 0 Å². The fraction of sp³-hybridized carbons (Fsp3) is 0.500. The Hall–Kier alpha value is -1.48. The summed E-state index contributed by atoms with van der Waals surface area (Å²) in [5.41, 5.74) is 6.24. The smallest absolute Gasteiger partial charge is 0.292 e. The van der Waals surface area contributed by atoms with Crippen LogP contribution in [0.3, 0.4) is 0 Å². The van der Waals surface area contributed by atoms with E-state index in [1.165, 1.54) is 16.4 Å². The van der Waals surface area contributed by atoms with E-state index in [0.717, 1.165) is 18.4 Å². The van der Waals surface area contributed by atoms with Gasteiger partial charge in [0.1, 0.15) is 6.04 Å². The molecule has 1 aliphatic heterocycles. The number of rotatable bonds is 6. The van der Waals surface area contributed by atoms with E-state index in [-0.39, 0.29) is 6.54 Å². The molecule has 1 aromatic carbocycles. The lowest BCUT2D eigenvalue weighted by Gasteiger charge is -2.34. The van der Waals surface area contributed by atoms with Gasteiger partial charge in [-0.05, 0) is 24.8 Å². The van der Waals surface area contributed by atoms with Crippen LogP contribution in [-0.4, -0.2) is 43.3 Å². The number of carbonyl (C=O) groups is 1. The van der Waals surface area contributed by atoms with E-state index in [9.17, 15) is 13.2 Å². The van der Waals surface area contributed by atoms with Crippen LogP contribution in [0.15, 0.2) is 30.3 Å². The van der Waals surface area contributed by atoms with E-state index in [1.54, 1.807) is 0 Å². The molecule has 1 aromatic rings. The Bertz CT molecular complexity index is 606. The molecule has 1 saturated heterocycles. The molecule has 1 unspecified atom stereocenters. The van der Waals surface area contributed by atoms with Crippen molar-refractivity contribution in [3.63, 3.8) is 0 Å². The standard InChI is InChI=1S/C14H22N4O3S/c1-17(11-12-7-3-2-4-8-12)22(20,21)16-18-10-6-5-9-13(18)14(15)19/h2-4,7-8,13,16H,5-6,9-11H2,1H3,(H2,15,19). The minimum absolute atomic E-state index is 0.255. The number of piperidine rings is 1. The molecule has 0 aliphatic carbocycles. The molecule has 0 aromatic heterocycles. The molecule has 1 heterocycles. The van der Waals surface area contributed by atoms with Gasteiger partial charge in [0, 0.05) is 20.1 Å². The summed E-state index contributed by atoms with van der Waals surface area (Å²) in [6, 6.07) is 8.72. The van der Waals surface area contributed by atoms with Crippen LogP contribution in [-0.2, 0) is 21.5 Å². The molecule has 0 spiro atoms. The summed E-state index contributed by atoms with van der Waals surface area (Å²) >= 11 is 0. The second-order valence-electron chi connectivity index (χ2n) is 5.45. The maximum atomic E-state index is 12.4.